The summed E-state index contributed by atoms with van der Waals surface area (Å²) >= 11 is 0. The second kappa shape index (κ2) is 8.37. The highest BCUT2D eigenvalue weighted by Gasteiger charge is 2.61. The molecule has 3 aliphatic carbocycles. The van der Waals surface area contributed by atoms with Crippen molar-refractivity contribution in [1.82, 2.24) is 0 Å². The lowest BCUT2D eigenvalue weighted by Gasteiger charge is -2.61. The smallest absolute Gasteiger partial charge is 0.328 e. The van der Waals surface area contributed by atoms with Crippen LogP contribution >= 0.6 is 0 Å². The maximum atomic E-state index is 12.8. The largest absolute Gasteiger partial charge is 0.425 e. The van der Waals surface area contributed by atoms with Gasteiger partial charge in [-0.05, 0) is 128 Å². The van der Waals surface area contributed by atoms with Crippen LogP contribution in [0.4, 0.5) is 0 Å². The SMILES string of the molecule is Cc1c(C)c2c(c(C)c1OC(=O)C(N)CCCN)C[C@H]1C2(C)CCC2C(C)(C)CCC[C@@]21C. The van der Waals surface area contributed by atoms with Crippen LogP contribution in [0.1, 0.15) is 100 Å². The van der Waals surface area contributed by atoms with Gasteiger partial charge in [0.25, 0.3) is 0 Å². The van der Waals surface area contributed by atoms with Crippen LogP contribution in [0.2, 0.25) is 0 Å². The highest BCUT2D eigenvalue weighted by atomic mass is 16.5. The number of hydrogen-bond donors (Lipinski definition) is 2. The van der Waals surface area contributed by atoms with E-state index < -0.39 is 6.04 Å². The molecule has 4 nitrogen and oxygen atoms in total. The van der Waals surface area contributed by atoms with Crippen LogP contribution in [0.5, 0.6) is 5.75 Å². The van der Waals surface area contributed by atoms with Crippen LogP contribution in [0, 0.1) is 43.4 Å². The lowest BCUT2D eigenvalue weighted by molar-refractivity contribution is -0.136. The van der Waals surface area contributed by atoms with Gasteiger partial charge in [-0.3, -0.25) is 0 Å². The fourth-order valence-corrected chi connectivity index (χ4v) is 8.61. The van der Waals surface area contributed by atoms with Gasteiger partial charge in [0.15, 0.2) is 0 Å². The molecule has 1 aromatic carbocycles. The monoisotopic (exact) mass is 454 g/mol. The van der Waals surface area contributed by atoms with Gasteiger partial charge in [-0.1, -0.05) is 34.1 Å². The van der Waals surface area contributed by atoms with Crippen LogP contribution < -0.4 is 16.2 Å². The second-order valence-corrected chi connectivity index (χ2v) is 12.6. The third kappa shape index (κ3) is 3.67. The highest BCUT2D eigenvalue weighted by Crippen LogP contribution is 2.68. The molecule has 0 aromatic heterocycles. The zero-order valence-electron chi connectivity index (χ0n) is 22.1. The molecule has 4 heteroatoms. The zero-order valence-corrected chi connectivity index (χ0v) is 22.1. The van der Waals surface area contributed by atoms with Crippen molar-refractivity contribution < 1.29 is 9.53 Å². The maximum Gasteiger partial charge on any atom is 0.328 e. The van der Waals surface area contributed by atoms with E-state index in [1.165, 1.54) is 43.2 Å². The van der Waals surface area contributed by atoms with Crippen LogP contribution in [0.25, 0.3) is 0 Å². The number of ether oxygens (including phenoxy) is 1. The van der Waals surface area contributed by atoms with E-state index in [1.807, 2.05) is 0 Å². The standard InChI is InChI=1S/C29H46N2O2/c1-17-18(2)25(33-26(32)21(31)10-8-15-30)19(3)20-16-23-28(6)13-9-12-27(4,5)22(28)11-14-29(23,7)24(17)20/h21-23H,8-16,30-31H2,1-7H3/t21?,22?,23-,28+,29?/m1/s1. The molecule has 2 fully saturated rings. The van der Waals surface area contributed by atoms with Gasteiger partial charge in [-0.15, -0.1) is 0 Å². The van der Waals surface area contributed by atoms with E-state index in [9.17, 15) is 4.79 Å². The first-order chi connectivity index (χ1) is 15.4. The number of fused-ring (bicyclic) bond motifs is 5. The average molecular weight is 455 g/mol. The Labute approximate surface area is 201 Å². The first kappa shape index (κ1) is 24.7. The van der Waals surface area contributed by atoms with Crippen LogP contribution in [0.3, 0.4) is 0 Å². The Morgan fingerprint density at radius 2 is 1.73 bits per heavy atom. The van der Waals surface area contributed by atoms with E-state index in [0.29, 0.717) is 29.7 Å². The summed E-state index contributed by atoms with van der Waals surface area (Å²) < 4.78 is 5.99. The molecule has 0 aliphatic heterocycles. The number of nitrogens with two attached hydrogens (primary N) is 2. The molecule has 0 heterocycles. The zero-order chi connectivity index (χ0) is 24.3. The van der Waals surface area contributed by atoms with Gasteiger partial charge in [0.2, 0.25) is 0 Å². The Bertz CT molecular complexity index is 952. The number of carbonyl (C=O) groups is 1. The molecule has 184 valence electrons. The van der Waals surface area contributed by atoms with E-state index in [4.69, 9.17) is 16.2 Å². The van der Waals surface area contributed by atoms with Crippen molar-refractivity contribution >= 4 is 5.97 Å². The molecular weight excluding hydrogens is 408 g/mol. The fourth-order valence-electron chi connectivity index (χ4n) is 8.61. The summed E-state index contributed by atoms with van der Waals surface area (Å²) in [6, 6.07) is -0.620. The van der Waals surface area contributed by atoms with E-state index in [2.05, 4.69) is 48.5 Å². The predicted molar refractivity (Wildman–Crippen MR) is 136 cm³/mol. The number of rotatable bonds is 5. The lowest BCUT2D eigenvalue weighted by atomic mass is 9.43. The van der Waals surface area contributed by atoms with E-state index in [0.717, 1.165) is 35.6 Å². The summed E-state index contributed by atoms with van der Waals surface area (Å²) in [7, 11) is 0. The van der Waals surface area contributed by atoms with Crippen molar-refractivity contribution in [1.29, 1.82) is 0 Å². The summed E-state index contributed by atoms with van der Waals surface area (Å²) in [5, 5.41) is 0. The minimum absolute atomic E-state index is 0.202. The highest BCUT2D eigenvalue weighted by molar-refractivity contribution is 5.79. The Morgan fingerprint density at radius 1 is 1.03 bits per heavy atom. The third-order valence-corrected chi connectivity index (χ3v) is 10.4. The van der Waals surface area contributed by atoms with Crippen LogP contribution in [-0.4, -0.2) is 18.6 Å². The molecule has 0 amide bonds. The molecule has 4 rings (SSSR count). The summed E-state index contributed by atoms with van der Waals surface area (Å²) in [6.07, 6.45) is 9.00. The first-order valence-electron chi connectivity index (χ1n) is 13.2. The van der Waals surface area contributed by atoms with E-state index in [-0.39, 0.29) is 11.4 Å². The summed E-state index contributed by atoms with van der Waals surface area (Å²) in [5.41, 5.74) is 19.2. The minimum atomic E-state index is -0.620. The number of benzene rings is 1. The van der Waals surface area contributed by atoms with Gasteiger partial charge in [-0.2, -0.15) is 0 Å². The summed E-state index contributed by atoms with van der Waals surface area (Å²) in [4.78, 5) is 12.8. The molecule has 0 saturated heterocycles. The average Bonchev–Trinajstić information content (AvgIpc) is 3.07. The van der Waals surface area contributed by atoms with Gasteiger partial charge >= 0.3 is 5.97 Å². The van der Waals surface area contributed by atoms with Crippen molar-refractivity contribution in [2.45, 2.75) is 111 Å². The molecule has 33 heavy (non-hydrogen) atoms. The number of carbonyl (C=O) groups excluding carboxylic acids is 1. The van der Waals surface area contributed by atoms with Gasteiger partial charge in [-0.25, -0.2) is 4.79 Å². The van der Waals surface area contributed by atoms with Crippen LogP contribution in [-0.2, 0) is 16.6 Å². The second-order valence-electron chi connectivity index (χ2n) is 12.6. The predicted octanol–water partition coefficient (Wildman–Crippen LogP) is 5.64. The molecule has 0 radical (unpaired) electrons. The normalized spacial score (nSPS) is 33.1. The fraction of sp³-hybridized carbons (Fsp3) is 0.759. The molecule has 0 bridgehead atoms. The molecule has 0 spiro atoms. The Hall–Kier alpha value is -1.39. The molecule has 3 aliphatic rings. The Kier molecular flexibility index (Phi) is 6.27. The van der Waals surface area contributed by atoms with Gasteiger partial charge in [0.05, 0.1) is 0 Å². The molecule has 5 atom stereocenters. The van der Waals surface area contributed by atoms with Gasteiger partial charge in [0.1, 0.15) is 11.8 Å². The molecule has 4 N–H and O–H groups in total. The topological polar surface area (TPSA) is 78.3 Å². The molecule has 1 aromatic rings. The van der Waals surface area contributed by atoms with Crippen molar-refractivity contribution in [3.05, 3.63) is 27.8 Å². The lowest BCUT2D eigenvalue weighted by Crippen LogP contribution is -2.55. The van der Waals surface area contributed by atoms with Crippen molar-refractivity contribution in [2.75, 3.05) is 6.54 Å². The quantitative estimate of drug-likeness (QED) is 0.446. The molecular formula is C29H46N2O2. The van der Waals surface area contributed by atoms with Crippen molar-refractivity contribution in [3.8, 4) is 5.75 Å². The Balaban J connectivity index is 1.73. The summed E-state index contributed by atoms with van der Waals surface area (Å²) in [6.45, 7) is 17.2. The van der Waals surface area contributed by atoms with E-state index in [1.54, 1.807) is 5.56 Å². The van der Waals surface area contributed by atoms with Gasteiger partial charge in [0, 0.05) is 0 Å². The summed E-state index contributed by atoms with van der Waals surface area (Å²) in [5.74, 6) is 1.84. The third-order valence-electron chi connectivity index (χ3n) is 10.4. The number of esters is 1. The first-order valence-corrected chi connectivity index (χ1v) is 13.2. The number of hydrogen-bond acceptors (Lipinski definition) is 4. The van der Waals surface area contributed by atoms with Crippen molar-refractivity contribution in [3.63, 3.8) is 0 Å². The minimum Gasteiger partial charge on any atom is -0.425 e. The Morgan fingerprint density at radius 3 is 2.39 bits per heavy atom. The molecule has 3 unspecified atom stereocenters. The van der Waals surface area contributed by atoms with E-state index >= 15 is 0 Å². The van der Waals surface area contributed by atoms with Crippen LogP contribution in [0.15, 0.2) is 0 Å². The van der Waals surface area contributed by atoms with Crippen molar-refractivity contribution in [2.24, 2.45) is 34.1 Å². The van der Waals surface area contributed by atoms with Gasteiger partial charge < -0.3 is 16.2 Å². The maximum absolute atomic E-state index is 12.8. The molecule has 2 saturated carbocycles.